The summed E-state index contributed by atoms with van der Waals surface area (Å²) in [6, 6.07) is 5.15. The summed E-state index contributed by atoms with van der Waals surface area (Å²) in [7, 11) is 1.60. The van der Waals surface area contributed by atoms with E-state index in [0.717, 1.165) is 4.47 Å². The Morgan fingerprint density at radius 2 is 2.33 bits per heavy atom. The van der Waals surface area contributed by atoms with Crippen LogP contribution in [0.3, 0.4) is 0 Å². The van der Waals surface area contributed by atoms with E-state index < -0.39 is 0 Å². The second-order valence-electron chi connectivity index (χ2n) is 3.66. The summed E-state index contributed by atoms with van der Waals surface area (Å²) in [5.74, 6) is -0.0821. The molecule has 0 saturated carbocycles. The quantitative estimate of drug-likeness (QED) is 0.748. The number of carbonyl (C=O) groups is 1. The van der Waals surface area contributed by atoms with Gasteiger partial charge in [0.05, 0.1) is 11.6 Å². The fraction of sp³-hybridized carbons (Fsp3) is 0.308. The van der Waals surface area contributed by atoms with Crippen LogP contribution < -0.4 is 0 Å². The lowest BCUT2D eigenvalue weighted by Gasteiger charge is -2.20. The van der Waals surface area contributed by atoms with Crippen molar-refractivity contribution in [2.75, 3.05) is 26.8 Å². The number of methoxy groups -OCH3 is 1. The Labute approximate surface area is 121 Å². The molecule has 1 aromatic carbocycles. The number of rotatable bonds is 6. The van der Waals surface area contributed by atoms with Gasteiger partial charge in [-0.05, 0) is 34.1 Å². The van der Waals surface area contributed by atoms with Crippen molar-refractivity contribution in [3.05, 3.63) is 45.9 Å². The van der Waals surface area contributed by atoms with Crippen LogP contribution in [-0.2, 0) is 4.74 Å². The fourth-order valence-electron chi connectivity index (χ4n) is 1.44. The van der Waals surface area contributed by atoms with Crippen LogP contribution in [-0.4, -0.2) is 37.6 Å². The highest BCUT2D eigenvalue weighted by Gasteiger charge is 2.15. The molecule has 0 aliphatic rings. The molecule has 0 aliphatic heterocycles. The number of halogens is 2. The molecule has 98 valence electrons. The number of hydrogen-bond acceptors (Lipinski definition) is 2. The normalized spacial score (nSPS) is 10.2. The number of benzene rings is 1. The summed E-state index contributed by atoms with van der Waals surface area (Å²) >= 11 is 9.28. The second kappa shape index (κ2) is 7.56. The first-order valence-electron chi connectivity index (χ1n) is 5.44. The van der Waals surface area contributed by atoms with Crippen LogP contribution >= 0.6 is 27.5 Å². The smallest absolute Gasteiger partial charge is 0.254 e. The van der Waals surface area contributed by atoms with Gasteiger partial charge in [0.2, 0.25) is 0 Å². The van der Waals surface area contributed by atoms with Gasteiger partial charge in [0.15, 0.2) is 0 Å². The van der Waals surface area contributed by atoms with Crippen molar-refractivity contribution in [2.45, 2.75) is 0 Å². The molecule has 0 spiro atoms. The van der Waals surface area contributed by atoms with Crippen LogP contribution in [0.5, 0.6) is 0 Å². The molecule has 5 heteroatoms. The molecule has 0 N–H and O–H groups in total. The van der Waals surface area contributed by atoms with Crippen LogP contribution in [0.25, 0.3) is 0 Å². The van der Waals surface area contributed by atoms with Crippen LogP contribution in [0, 0.1) is 0 Å². The van der Waals surface area contributed by atoms with Crippen LogP contribution in [0.4, 0.5) is 0 Å². The van der Waals surface area contributed by atoms with E-state index in [1.54, 1.807) is 36.3 Å². The predicted molar refractivity (Wildman–Crippen MR) is 77.1 cm³/mol. The Balaban J connectivity index is 2.86. The van der Waals surface area contributed by atoms with E-state index in [-0.39, 0.29) is 5.91 Å². The van der Waals surface area contributed by atoms with Crippen LogP contribution in [0.15, 0.2) is 35.3 Å². The van der Waals surface area contributed by atoms with Gasteiger partial charge in [-0.15, -0.1) is 6.58 Å². The molecular formula is C13H15BrClNO2. The molecule has 0 radical (unpaired) electrons. The third-order valence-corrected chi connectivity index (χ3v) is 3.60. The van der Waals surface area contributed by atoms with Gasteiger partial charge in [-0.1, -0.05) is 17.7 Å². The van der Waals surface area contributed by atoms with Crippen molar-refractivity contribution < 1.29 is 9.53 Å². The molecule has 0 aromatic heterocycles. The molecule has 1 rings (SSSR count). The van der Waals surface area contributed by atoms with E-state index in [1.165, 1.54) is 0 Å². The Kier molecular flexibility index (Phi) is 6.39. The van der Waals surface area contributed by atoms with E-state index in [0.29, 0.717) is 30.3 Å². The van der Waals surface area contributed by atoms with Crippen molar-refractivity contribution in [1.29, 1.82) is 0 Å². The Morgan fingerprint density at radius 1 is 1.61 bits per heavy atom. The van der Waals surface area contributed by atoms with Crippen molar-refractivity contribution in [3.8, 4) is 0 Å². The van der Waals surface area contributed by atoms with Crippen molar-refractivity contribution >= 4 is 33.4 Å². The van der Waals surface area contributed by atoms with Crippen LogP contribution in [0.2, 0.25) is 5.02 Å². The van der Waals surface area contributed by atoms with Crippen molar-refractivity contribution in [1.82, 2.24) is 4.90 Å². The summed E-state index contributed by atoms with van der Waals surface area (Å²) in [4.78, 5) is 13.9. The molecule has 18 heavy (non-hydrogen) atoms. The molecule has 0 heterocycles. The Hall–Kier alpha value is -0.840. The van der Waals surface area contributed by atoms with E-state index >= 15 is 0 Å². The Bertz CT molecular complexity index is 437. The summed E-state index contributed by atoms with van der Waals surface area (Å²) in [6.45, 7) is 5.14. The van der Waals surface area contributed by atoms with Gasteiger partial charge in [-0.25, -0.2) is 0 Å². The first-order valence-corrected chi connectivity index (χ1v) is 6.61. The average molecular weight is 333 g/mol. The van der Waals surface area contributed by atoms with Gasteiger partial charge in [-0.2, -0.15) is 0 Å². The largest absolute Gasteiger partial charge is 0.383 e. The topological polar surface area (TPSA) is 29.5 Å². The lowest BCUT2D eigenvalue weighted by Crippen LogP contribution is -2.34. The monoisotopic (exact) mass is 331 g/mol. The van der Waals surface area contributed by atoms with Crippen molar-refractivity contribution in [2.24, 2.45) is 0 Å². The number of nitrogens with zero attached hydrogens (tertiary/aromatic N) is 1. The highest BCUT2D eigenvalue weighted by Crippen LogP contribution is 2.23. The van der Waals surface area contributed by atoms with E-state index in [1.807, 2.05) is 0 Å². The number of carbonyl (C=O) groups excluding carboxylic acids is 1. The molecule has 0 fully saturated rings. The highest BCUT2D eigenvalue weighted by atomic mass is 79.9. The maximum absolute atomic E-state index is 12.3. The standard InChI is InChI=1S/C13H15BrClNO2/c1-3-6-16(7-8-18-2)13(17)10-4-5-11(14)12(15)9-10/h3-5,9H,1,6-8H2,2H3. The molecule has 0 atom stereocenters. The molecule has 0 aliphatic carbocycles. The molecule has 0 bridgehead atoms. The highest BCUT2D eigenvalue weighted by molar-refractivity contribution is 9.10. The molecule has 1 amide bonds. The lowest BCUT2D eigenvalue weighted by molar-refractivity contribution is 0.0718. The summed E-state index contributed by atoms with van der Waals surface area (Å²) in [5, 5.41) is 0.520. The lowest BCUT2D eigenvalue weighted by atomic mass is 10.2. The van der Waals surface area contributed by atoms with E-state index in [4.69, 9.17) is 16.3 Å². The van der Waals surface area contributed by atoms with Gasteiger partial charge in [-0.3, -0.25) is 4.79 Å². The molecule has 1 aromatic rings. The van der Waals surface area contributed by atoms with Crippen LogP contribution in [0.1, 0.15) is 10.4 Å². The van der Waals surface area contributed by atoms with Gasteiger partial charge in [0.25, 0.3) is 5.91 Å². The van der Waals surface area contributed by atoms with Gasteiger partial charge in [0, 0.05) is 30.2 Å². The first kappa shape index (κ1) is 15.2. The molecule has 3 nitrogen and oxygen atoms in total. The molecular weight excluding hydrogens is 318 g/mol. The minimum atomic E-state index is -0.0821. The van der Waals surface area contributed by atoms with Gasteiger partial charge >= 0.3 is 0 Å². The zero-order valence-corrected chi connectivity index (χ0v) is 12.5. The third-order valence-electron chi connectivity index (χ3n) is 2.37. The first-order chi connectivity index (χ1) is 8.60. The maximum Gasteiger partial charge on any atom is 0.254 e. The predicted octanol–water partition coefficient (Wildman–Crippen LogP) is 3.38. The minimum Gasteiger partial charge on any atom is -0.383 e. The third kappa shape index (κ3) is 4.12. The summed E-state index contributed by atoms with van der Waals surface area (Å²) in [5.41, 5.74) is 0.557. The maximum atomic E-state index is 12.3. The molecule has 0 saturated heterocycles. The van der Waals surface area contributed by atoms with E-state index in [9.17, 15) is 4.79 Å². The fourth-order valence-corrected chi connectivity index (χ4v) is 1.87. The zero-order valence-electron chi connectivity index (χ0n) is 10.2. The number of amides is 1. The van der Waals surface area contributed by atoms with Crippen molar-refractivity contribution in [3.63, 3.8) is 0 Å². The van der Waals surface area contributed by atoms with E-state index in [2.05, 4.69) is 22.5 Å². The summed E-state index contributed by atoms with van der Waals surface area (Å²) in [6.07, 6.45) is 1.69. The summed E-state index contributed by atoms with van der Waals surface area (Å²) < 4.78 is 5.76. The minimum absolute atomic E-state index is 0.0821. The second-order valence-corrected chi connectivity index (χ2v) is 4.92. The average Bonchev–Trinajstić information content (AvgIpc) is 2.37. The zero-order chi connectivity index (χ0) is 13.5. The number of hydrogen-bond donors (Lipinski definition) is 0. The number of ether oxygens (including phenoxy) is 1. The Morgan fingerprint density at radius 3 is 2.89 bits per heavy atom. The van der Waals surface area contributed by atoms with Gasteiger partial charge < -0.3 is 9.64 Å². The van der Waals surface area contributed by atoms with Gasteiger partial charge in [0.1, 0.15) is 0 Å². The molecule has 0 unspecified atom stereocenters. The SMILES string of the molecule is C=CCN(CCOC)C(=O)c1ccc(Br)c(Cl)c1.